The standard InChI is InChI=1S/C23H25F2N5O2S/c1-16(17-6-8-18(24)9-7-17)28(2)21(31)15-33-23-27-26-22(29-10-12-32-13-11-29)30(23)20-5-3-4-19(25)14-20/h3-9,14,16H,10-13,15H2,1-2H3. The molecule has 1 aliphatic heterocycles. The average Bonchev–Trinajstić information content (AvgIpc) is 3.26. The lowest BCUT2D eigenvalue weighted by Crippen LogP contribution is -2.38. The van der Waals surface area contributed by atoms with E-state index in [1.165, 1.54) is 36.0 Å². The number of hydrogen-bond acceptors (Lipinski definition) is 6. The highest BCUT2D eigenvalue weighted by Gasteiger charge is 2.24. The monoisotopic (exact) mass is 473 g/mol. The molecule has 10 heteroatoms. The maximum atomic E-state index is 14.0. The van der Waals surface area contributed by atoms with Crippen molar-refractivity contribution < 1.29 is 18.3 Å². The van der Waals surface area contributed by atoms with Gasteiger partial charge < -0.3 is 14.5 Å². The number of amides is 1. The van der Waals surface area contributed by atoms with Gasteiger partial charge in [-0.05, 0) is 42.8 Å². The Morgan fingerprint density at radius 2 is 1.85 bits per heavy atom. The van der Waals surface area contributed by atoms with E-state index in [0.29, 0.717) is 43.1 Å². The fraction of sp³-hybridized carbons (Fsp3) is 0.348. The topological polar surface area (TPSA) is 63.5 Å². The molecule has 4 rings (SSSR count). The average molecular weight is 474 g/mol. The van der Waals surface area contributed by atoms with Crippen molar-refractivity contribution in [2.45, 2.75) is 18.1 Å². The summed E-state index contributed by atoms with van der Waals surface area (Å²) in [4.78, 5) is 16.5. The highest BCUT2D eigenvalue weighted by atomic mass is 32.2. The minimum Gasteiger partial charge on any atom is -0.378 e. The predicted molar refractivity (Wildman–Crippen MR) is 123 cm³/mol. The smallest absolute Gasteiger partial charge is 0.233 e. The van der Waals surface area contributed by atoms with E-state index in [1.54, 1.807) is 40.8 Å². The van der Waals surface area contributed by atoms with Crippen LogP contribution in [-0.4, -0.2) is 64.7 Å². The summed E-state index contributed by atoms with van der Waals surface area (Å²) in [5.41, 5.74) is 1.43. The third-order valence-electron chi connectivity index (χ3n) is 5.63. The zero-order valence-electron chi connectivity index (χ0n) is 18.4. The van der Waals surface area contributed by atoms with Gasteiger partial charge in [-0.3, -0.25) is 9.36 Å². The summed E-state index contributed by atoms with van der Waals surface area (Å²) in [5, 5.41) is 9.14. The van der Waals surface area contributed by atoms with Crippen molar-refractivity contribution in [3.05, 3.63) is 65.7 Å². The molecule has 1 amide bonds. The molecule has 0 bridgehead atoms. The number of carbonyl (C=O) groups is 1. The van der Waals surface area contributed by atoms with Crippen LogP contribution in [0.2, 0.25) is 0 Å². The second-order valence-corrected chi connectivity index (χ2v) is 8.66. The molecule has 7 nitrogen and oxygen atoms in total. The molecule has 1 unspecified atom stereocenters. The van der Waals surface area contributed by atoms with Crippen molar-refractivity contribution in [2.24, 2.45) is 0 Å². The number of nitrogens with zero attached hydrogens (tertiary/aromatic N) is 5. The van der Waals surface area contributed by atoms with Crippen molar-refractivity contribution in [2.75, 3.05) is 44.0 Å². The first kappa shape index (κ1) is 23.2. The first-order valence-corrected chi connectivity index (χ1v) is 11.6. The van der Waals surface area contributed by atoms with Gasteiger partial charge in [0.15, 0.2) is 5.16 Å². The van der Waals surface area contributed by atoms with Gasteiger partial charge in [-0.2, -0.15) is 0 Å². The minimum absolute atomic E-state index is 0.112. The van der Waals surface area contributed by atoms with Crippen LogP contribution in [0.4, 0.5) is 14.7 Å². The number of benzene rings is 2. The van der Waals surface area contributed by atoms with Gasteiger partial charge in [-0.1, -0.05) is 30.0 Å². The van der Waals surface area contributed by atoms with Gasteiger partial charge in [-0.25, -0.2) is 8.78 Å². The molecular weight excluding hydrogens is 448 g/mol. The number of morpholine rings is 1. The molecule has 1 aromatic heterocycles. The molecule has 1 aliphatic rings. The Labute approximate surface area is 195 Å². The highest BCUT2D eigenvalue weighted by Crippen LogP contribution is 2.28. The van der Waals surface area contributed by atoms with E-state index in [2.05, 4.69) is 10.2 Å². The maximum Gasteiger partial charge on any atom is 0.233 e. The fourth-order valence-electron chi connectivity index (χ4n) is 3.57. The van der Waals surface area contributed by atoms with E-state index >= 15 is 0 Å². The summed E-state index contributed by atoms with van der Waals surface area (Å²) >= 11 is 1.24. The number of hydrogen-bond donors (Lipinski definition) is 0. The SMILES string of the molecule is CC(c1ccc(F)cc1)N(C)C(=O)CSc1nnc(N2CCOCC2)n1-c1cccc(F)c1. The Balaban J connectivity index is 1.53. The fourth-order valence-corrected chi connectivity index (χ4v) is 4.44. The number of aromatic nitrogens is 3. The highest BCUT2D eigenvalue weighted by molar-refractivity contribution is 7.99. The van der Waals surface area contributed by atoms with Crippen LogP contribution >= 0.6 is 11.8 Å². The zero-order chi connectivity index (χ0) is 23.4. The van der Waals surface area contributed by atoms with Crippen molar-refractivity contribution >= 4 is 23.6 Å². The molecule has 0 aliphatic carbocycles. The summed E-state index contributed by atoms with van der Waals surface area (Å²) in [6, 6.07) is 12.1. The molecule has 2 heterocycles. The second-order valence-electron chi connectivity index (χ2n) is 7.72. The van der Waals surface area contributed by atoms with E-state index in [9.17, 15) is 13.6 Å². The number of thioether (sulfide) groups is 1. The molecule has 1 atom stereocenters. The number of halogens is 2. The number of ether oxygens (including phenoxy) is 1. The maximum absolute atomic E-state index is 14.0. The first-order valence-electron chi connectivity index (χ1n) is 10.6. The molecule has 1 saturated heterocycles. The summed E-state index contributed by atoms with van der Waals surface area (Å²) in [5.74, 6) is -0.0822. The van der Waals surface area contributed by atoms with Crippen molar-refractivity contribution in [1.29, 1.82) is 0 Å². The molecule has 3 aromatic rings. The first-order chi connectivity index (χ1) is 15.9. The lowest BCUT2D eigenvalue weighted by Gasteiger charge is -2.28. The van der Waals surface area contributed by atoms with Gasteiger partial charge in [0.25, 0.3) is 0 Å². The van der Waals surface area contributed by atoms with E-state index in [4.69, 9.17) is 4.74 Å². The largest absolute Gasteiger partial charge is 0.378 e. The van der Waals surface area contributed by atoms with Crippen molar-refractivity contribution in [3.63, 3.8) is 0 Å². The van der Waals surface area contributed by atoms with Crippen LogP contribution in [0.25, 0.3) is 5.69 Å². The van der Waals surface area contributed by atoms with E-state index in [1.807, 2.05) is 11.8 Å². The summed E-state index contributed by atoms with van der Waals surface area (Å²) in [6.45, 7) is 4.33. The van der Waals surface area contributed by atoms with Crippen LogP contribution in [0.1, 0.15) is 18.5 Å². The van der Waals surface area contributed by atoms with Gasteiger partial charge in [0.05, 0.1) is 30.7 Å². The van der Waals surface area contributed by atoms with Crippen molar-refractivity contribution in [3.8, 4) is 5.69 Å². The third kappa shape index (κ3) is 5.33. The van der Waals surface area contributed by atoms with Gasteiger partial charge in [-0.15, -0.1) is 10.2 Å². The van der Waals surface area contributed by atoms with Crippen LogP contribution in [0, 0.1) is 11.6 Å². The normalized spacial score (nSPS) is 14.8. The lowest BCUT2D eigenvalue weighted by atomic mass is 10.1. The van der Waals surface area contributed by atoms with E-state index < -0.39 is 0 Å². The van der Waals surface area contributed by atoms with Crippen LogP contribution in [0.5, 0.6) is 0 Å². The summed E-state index contributed by atoms with van der Waals surface area (Å²) in [6.07, 6.45) is 0. The van der Waals surface area contributed by atoms with E-state index in [0.717, 1.165) is 5.56 Å². The molecule has 1 fully saturated rings. The van der Waals surface area contributed by atoms with Gasteiger partial charge in [0.1, 0.15) is 11.6 Å². The van der Waals surface area contributed by atoms with Gasteiger partial charge >= 0.3 is 0 Å². The van der Waals surface area contributed by atoms with E-state index in [-0.39, 0.29) is 29.3 Å². The van der Waals surface area contributed by atoms with Crippen LogP contribution in [-0.2, 0) is 9.53 Å². The van der Waals surface area contributed by atoms with Crippen LogP contribution in [0.3, 0.4) is 0 Å². The Hall–Kier alpha value is -2.98. The lowest BCUT2D eigenvalue weighted by molar-refractivity contribution is -0.128. The number of rotatable bonds is 7. The molecule has 0 N–H and O–H groups in total. The van der Waals surface area contributed by atoms with Gasteiger partial charge in [0.2, 0.25) is 11.9 Å². The molecule has 0 spiro atoms. The molecule has 33 heavy (non-hydrogen) atoms. The number of anilines is 1. The van der Waals surface area contributed by atoms with Crippen LogP contribution in [0.15, 0.2) is 53.7 Å². The minimum atomic E-state index is -0.367. The van der Waals surface area contributed by atoms with Crippen LogP contribution < -0.4 is 4.90 Å². The number of carbonyl (C=O) groups excluding carboxylic acids is 1. The molecular formula is C23H25F2N5O2S. The predicted octanol–water partition coefficient (Wildman–Crippen LogP) is 3.69. The Morgan fingerprint density at radius 3 is 2.55 bits per heavy atom. The third-order valence-corrected chi connectivity index (χ3v) is 6.54. The quantitative estimate of drug-likeness (QED) is 0.488. The molecule has 0 saturated carbocycles. The molecule has 2 aromatic carbocycles. The van der Waals surface area contributed by atoms with Crippen molar-refractivity contribution in [1.82, 2.24) is 19.7 Å². The summed E-state index contributed by atoms with van der Waals surface area (Å²) < 4.78 is 34.4. The molecule has 174 valence electrons. The van der Waals surface area contributed by atoms with Gasteiger partial charge in [0, 0.05) is 20.1 Å². The Morgan fingerprint density at radius 1 is 1.12 bits per heavy atom. The molecule has 0 radical (unpaired) electrons. The summed E-state index contributed by atoms with van der Waals surface area (Å²) in [7, 11) is 1.72. The second kappa shape index (κ2) is 10.3. The zero-order valence-corrected chi connectivity index (χ0v) is 19.3. The Bertz CT molecular complexity index is 1100. The Kier molecular flexibility index (Phi) is 7.24.